The summed E-state index contributed by atoms with van der Waals surface area (Å²) in [7, 11) is 0. The van der Waals surface area contributed by atoms with Gasteiger partial charge >= 0.3 is 0 Å². The van der Waals surface area contributed by atoms with Crippen LogP contribution in [0.4, 0.5) is 0 Å². The Hall–Kier alpha value is -1.88. The van der Waals surface area contributed by atoms with E-state index in [1.807, 2.05) is 30.2 Å². The minimum absolute atomic E-state index is 0.0285. The average molecular weight is 245 g/mol. The number of nitrogens with one attached hydrogen (secondary N) is 1. The van der Waals surface area contributed by atoms with Crippen LogP contribution in [0.25, 0.3) is 11.0 Å². The second-order valence-electron chi connectivity index (χ2n) is 4.57. The third-order valence-corrected chi connectivity index (χ3v) is 3.18. The maximum Gasteiger partial charge on any atom is 0.255 e. The molecule has 5 heteroatoms. The van der Waals surface area contributed by atoms with Crippen LogP contribution in [0.2, 0.25) is 0 Å². The first kappa shape index (κ1) is 11.2. The van der Waals surface area contributed by atoms with Gasteiger partial charge in [0.15, 0.2) is 0 Å². The fourth-order valence-corrected chi connectivity index (χ4v) is 2.24. The number of morpholine rings is 1. The minimum Gasteiger partial charge on any atom is -0.375 e. The van der Waals surface area contributed by atoms with E-state index in [4.69, 9.17) is 4.74 Å². The number of carbonyl (C=O) groups excluding carboxylic acids is 1. The summed E-state index contributed by atoms with van der Waals surface area (Å²) in [5.41, 5.74) is 1.44. The number of nitrogens with zero attached hydrogens (tertiary/aromatic N) is 2. The molecule has 0 aromatic carbocycles. The topological polar surface area (TPSA) is 58.2 Å². The van der Waals surface area contributed by atoms with Crippen molar-refractivity contribution in [2.24, 2.45) is 0 Å². The Morgan fingerprint density at radius 1 is 1.61 bits per heavy atom. The van der Waals surface area contributed by atoms with E-state index in [1.54, 1.807) is 6.20 Å². The van der Waals surface area contributed by atoms with Gasteiger partial charge in [-0.1, -0.05) is 0 Å². The van der Waals surface area contributed by atoms with Crippen LogP contribution in [0.15, 0.2) is 24.5 Å². The van der Waals surface area contributed by atoms with Gasteiger partial charge in [0.25, 0.3) is 5.91 Å². The quantitative estimate of drug-likeness (QED) is 0.826. The lowest BCUT2D eigenvalue weighted by Crippen LogP contribution is -2.44. The number of rotatable bonds is 1. The zero-order valence-electron chi connectivity index (χ0n) is 10.2. The summed E-state index contributed by atoms with van der Waals surface area (Å²) in [4.78, 5) is 21.4. The monoisotopic (exact) mass is 245 g/mol. The molecule has 1 saturated heterocycles. The molecule has 1 atom stereocenters. The van der Waals surface area contributed by atoms with E-state index in [2.05, 4.69) is 9.97 Å². The van der Waals surface area contributed by atoms with Crippen LogP contribution in [0.5, 0.6) is 0 Å². The van der Waals surface area contributed by atoms with Gasteiger partial charge in [-0.2, -0.15) is 0 Å². The van der Waals surface area contributed by atoms with Crippen molar-refractivity contribution in [3.63, 3.8) is 0 Å². The molecule has 2 aromatic rings. The van der Waals surface area contributed by atoms with E-state index in [-0.39, 0.29) is 12.0 Å². The molecule has 1 amide bonds. The molecule has 1 aliphatic rings. The first-order chi connectivity index (χ1) is 8.74. The van der Waals surface area contributed by atoms with Crippen LogP contribution in [0.3, 0.4) is 0 Å². The van der Waals surface area contributed by atoms with Crippen molar-refractivity contribution in [2.45, 2.75) is 13.0 Å². The molecule has 1 fully saturated rings. The number of aromatic amines is 1. The van der Waals surface area contributed by atoms with Crippen LogP contribution in [-0.2, 0) is 4.74 Å². The van der Waals surface area contributed by atoms with Gasteiger partial charge in [-0.15, -0.1) is 0 Å². The van der Waals surface area contributed by atoms with E-state index in [1.165, 1.54) is 0 Å². The summed E-state index contributed by atoms with van der Waals surface area (Å²) in [5, 5.41) is 0.960. The fraction of sp³-hybridized carbons (Fsp3) is 0.385. The van der Waals surface area contributed by atoms with Crippen molar-refractivity contribution in [3.05, 3.63) is 30.1 Å². The van der Waals surface area contributed by atoms with Gasteiger partial charge in [0, 0.05) is 30.9 Å². The van der Waals surface area contributed by atoms with E-state index in [9.17, 15) is 4.79 Å². The summed E-state index contributed by atoms with van der Waals surface area (Å²) in [6, 6.07) is 3.79. The molecular formula is C13H15N3O2. The zero-order chi connectivity index (χ0) is 12.5. The van der Waals surface area contributed by atoms with Gasteiger partial charge in [0.2, 0.25) is 0 Å². The second-order valence-corrected chi connectivity index (χ2v) is 4.57. The molecule has 1 N–H and O–H groups in total. The van der Waals surface area contributed by atoms with Crippen LogP contribution in [0, 0.1) is 0 Å². The summed E-state index contributed by atoms with van der Waals surface area (Å²) < 4.78 is 5.44. The van der Waals surface area contributed by atoms with Gasteiger partial charge in [0.1, 0.15) is 5.65 Å². The molecule has 2 aromatic heterocycles. The Morgan fingerprint density at radius 3 is 3.33 bits per heavy atom. The Balaban J connectivity index is 1.86. The Bertz CT molecular complexity index is 578. The Labute approximate surface area is 105 Å². The number of pyridine rings is 1. The first-order valence-electron chi connectivity index (χ1n) is 6.08. The highest BCUT2D eigenvalue weighted by molar-refractivity contribution is 5.97. The lowest BCUT2D eigenvalue weighted by atomic mass is 10.2. The van der Waals surface area contributed by atoms with Crippen LogP contribution in [-0.4, -0.2) is 46.6 Å². The largest absolute Gasteiger partial charge is 0.375 e. The molecule has 0 spiro atoms. The predicted octanol–water partition coefficient (Wildman–Crippen LogP) is 1.42. The normalized spacial score (nSPS) is 20.3. The number of H-pyrrole nitrogens is 1. The minimum atomic E-state index is 0.0285. The molecule has 0 bridgehead atoms. The number of hydrogen-bond donors (Lipinski definition) is 1. The van der Waals surface area contributed by atoms with Gasteiger partial charge in [0.05, 0.1) is 18.3 Å². The highest BCUT2D eigenvalue weighted by Gasteiger charge is 2.22. The first-order valence-corrected chi connectivity index (χ1v) is 6.08. The second kappa shape index (κ2) is 4.42. The fourth-order valence-electron chi connectivity index (χ4n) is 2.24. The number of amides is 1. The van der Waals surface area contributed by atoms with Gasteiger partial charge in [-0.25, -0.2) is 4.98 Å². The third kappa shape index (κ3) is 1.97. The molecule has 0 saturated carbocycles. The van der Waals surface area contributed by atoms with Gasteiger partial charge in [-0.05, 0) is 19.1 Å². The van der Waals surface area contributed by atoms with E-state index < -0.39 is 0 Å². The van der Waals surface area contributed by atoms with E-state index in [0.717, 1.165) is 11.0 Å². The van der Waals surface area contributed by atoms with Crippen LogP contribution >= 0.6 is 0 Å². The average Bonchev–Trinajstić information content (AvgIpc) is 2.85. The summed E-state index contributed by atoms with van der Waals surface area (Å²) in [6.07, 6.45) is 3.55. The summed E-state index contributed by atoms with van der Waals surface area (Å²) in [6.45, 7) is 3.87. The van der Waals surface area contributed by atoms with E-state index >= 15 is 0 Å². The molecule has 18 heavy (non-hydrogen) atoms. The smallest absolute Gasteiger partial charge is 0.255 e. The standard InChI is InChI=1S/C13H15N3O2/c1-9-8-16(4-5-18-9)13(17)11-6-10-2-3-14-12(10)15-7-11/h2-3,6-7,9H,4-5,8H2,1H3,(H,14,15). The Morgan fingerprint density at radius 2 is 2.50 bits per heavy atom. The molecule has 3 rings (SSSR count). The SMILES string of the molecule is CC1CN(C(=O)c2cnc3[nH]ccc3c2)CCO1. The van der Waals surface area contributed by atoms with Crippen molar-refractivity contribution in [1.82, 2.24) is 14.9 Å². The summed E-state index contributed by atoms with van der Waals surface area (Å²) >= 11 is 0. The van der Waals surface area contributed by atoms with Crippen LogP contribution < -0.4 is 0 Å². The maximum absolute atomic E-state index is 12.3. The number of aromatic nitrogens is 2. The predicted molar refractivity (Wildman–Crippen MR) is 67.4 cm³/mol. The number of ether oxygens (including phenoxy) is 1. The molecule has 0 aliphatic carbocycles. The lowest BCUT2D eigenvalue weighted by Gasteiger charge is -2.31. The highest BCUT2D eigenvalue weighted by Crippen LogP contribution is 2.14. The number of carbonyl (C=O) groups is 1. The third-order valence-electron chi connectivity index (χ3n) is 3.18. The Kier molecular flexibility index (Phi) is 2.76. The molecule has 5 nitrogen and oxygen atoms in total. The van der Waals surface area contributed by atoms with Crippen molar-refractivity contribution in [3.8, 4) is 0 Å². The molecule has 1 unspecified atom stereocenters. The van der Waals surface area contributed by atoms with Crippen molar-refractivity contribution in [2.75, 3.05) is 19.7 Å². The molecule has 1 aliphatic heterocycles. The highest BCUT2D eigenvalue weighted by atomic mass is 16.5. The molecular weight excluding hydrogens is 230 g/mol. The lowest BCUT2D eigenvalue weighted by molar-refractivity contribution is -0.0124. The summed E-state index contributed by atoms with van der Waals surface area (Å²) in [5.74, 6) is 0.0285. The van der Waals surface area contributed by atoms with Crippen molar-refractivity contribution >= 4 is 16.9 Å². The van der Waals surface area contributed by atoms with Crippen molar-refractivity contribution < 1.29 is 9.53 Å². The van der Waals surface area contributed by atoms with Gasteiger partial charge < -0.3 is 14.6 Å². The van der Waals surface area contributed by atoms with E-state index in [0.29, 0.717) is 25.3 Å². The van der Waals surface area contributed by atoms with Crippen LogP contribution in [0.1, 0.15) is 17.3 Å². The molecule has 0 radical (unpaired) electrons. The molecule has 3 heterocycles. The number of hydrogen-bond acceptors (Lipinski definition) is 3. The maximum atomic E-state index is 12.3. The zero-order valence-corrected chi connectivity index (χ0v) is 10.2. The van der Waals surface area contributed by atoms with Gasteiger partial charge in [-0.3, -0.25) is 4.79 Å². The number of fused-ring (bicyclic) bond motifs is 1. The van der Waals surface area contributed by atoms with Crippen molar-refractivity contribution in [1.29, 1.82) is 0 Å². The molecule has 94 valence electrons.